The SMILES string of the molecule is CN(CCCCCBr)C(=O)Cc1c(F)cccc1F. The van der Waals surface area contributed by atoms with E-state index in [0.29, 0.717) is 6.54 Å². The molecule has 0 N–H and O–H groups in total. The van der Waals surface area contributed by atoms with Crippen molar-refractivity contribution in [2.45, 2.75) is 25.7 Å². The monoisotopic (exact) mass is 333 g/mol. The number of carbonyl (C=O) groups is 1. The first-order valence-corrected chi connectivity index (χ1v) is 7.41. The first-order valence-electron chi connectivity index (χ1n) is 6.29. The van der Waals surface area contributed by atoms with Gasteiger partial charge in [-0.15, -0.1) is 0 Å². The Balaban J connectivity index is 2.50. The van der Waals surface area contributed by atoms with Gasteiger partial charge in [0, 0.05) is 24.5 Å². The second kappa shape index (κ2) is 8.25. The molecule has 0 radical (unpaired) electrons. The van der Waals surface area contributed by atoms with Crippen molar-refractivity contribution in [1.29, 1.82) is 0 Å². The van der Waals surface area contributed by atoms with E-state index in [1.165, 1.54) is 23.1 Å². The number of nitrogens with zero attached hydrogens (tertiary/aromatic N) is 1. The van der Waals surface area contributed by atoms with Crippen LogP contribution in [-0.4, -0.2) is 29.7 Å². The molecule has 19 heavy (non-hydrogen) atoms. The summed E-state index contributed by atoms with van der Waals surface area (Å²) in [5.41, 5.74) is -0.153. The van der Waals surface area contributed by atoms with Gasteiger partial charge in [0.25, 0.3) is 0 Å². The van der Waals surface area contributed by atoms with Crippen molar-refractivity contribution in [3.8, 4) is 0 Å². The van der Waals surface area contributed by atoms with Crippen LogP contribution in [0.1, 0.15) is 24.8 Å². The van der Waals surface area contributed by atoms with Crippen molar-refractivity contribution in [3.05, 3.63) is 35.4 Å². The Bertz CT molecular complexity index is 406. The molecule has 0 spiro atoms. The molecule has 2 nitrogen and oxygen atoms in total. The number of alkyl halides is 1. The van der Waals surface area contributed by atoms with Gasteiger partial charge in [-0.25, -0.2) is 8.78 Å². The highest BCUT2D eigenvalue weighted by Gasteiger charge is 2.15. The smallest absolute Gasteiger partial charge is 0.226 e. The van der Waals surface area contributed by atoms with Crippen molar-refractivity contribution in [2.24, 2.45) is 0 Å². The molecule has 0 saturated heterocycles. The van der Waals surface area contributed by atoms with Crippen LogP contribution in [-0.2, 0) is 11.2 Å². The lowest BCUT2D eigenvalue weighted by Gasteiger charge is -2.17. The highest BCUT2D eigenvalue weighted by atomic mass is 79.9. The predicted octanol–water partition coefficient (Wildman–Crippen LogP) is 3.53. The molecule has 0 aliphatic heterocycles. The fourth-order valence-corrected chi connectivity index (χ4v) is 2.13. The molecule has 1 aromatic carbocycles. The molecular weight excluding hydrogens is 316 g/mol. The van der Waals surface area contributed by atoms with Crippen molar-refractivity contribution < 1.29 is 13.6 Å². The molecule has 1 aromatic rings. The van der Waals surface area contributed by atoms with E-state index in [0.717, 1.165) is 24.6 Å². The Hall–Kier alpha value is -0.970. The summed E-state index contributed by atoms with van der Waals surface area (Å²) >= 11 is 3.34. The molecule has 0 aromatic heterocycles. The maximum atomic E-state index is 13.4. The summed E-state index contributed by atoms with van der Waals surface area (Å²) in [6, 6.07) is 3.63. The van der Waals surface area contributed by atoms with E-state index in [1.807, 2.05) is 0 Å². The summed E-state index contributed by atoms with van der Waals surface area (Å²) in [6.07, 6.45) is 2.75. The predicted molar refractivity (Wildman–Crippen MR) is 75.3 cm³/mol. The Morgan fingerprint density at radius 3 is 2.42 bits per heavy atom. The first-order chi connectivity index (χ1) is 9.06. The van der Waals surface area contributed by atoms with E-state index in [9.17, 15) is 13.6 Å². The highest BCUT2D eigenvalue weighted by Crippen LogP contribution is 2.13. The van der Waals surface area contributed by atoms with Gasteiger partial charge in [-0.1, -0.05) is 28.4 Å². The van der Waals surface area contributed by atoms with Crippen LogP contribution in [0.15, 0.2) is 18.2 Å². The van der Waals surface area contributed by atoms with Crippen LogP contribution in [0.4, 0.5) is 8.78 Å². The molecule has 0 atom stereocenters. The molecular formula is C14H18BrF2NO. The molecule has 0 unspecified atom stereocenters. The van der Waals surface area contributed by atoms with Crippen LogP contribution >= 0.6 is 15.9 Å². The fourth-order valence-electron chi connectivity index (χ4n) is 1.73. The van der Waals surface area contributed by atoms with E-state index in [-0.39, 0.29) is 17.9 Å². The van der Waals surface area contributed by atoms with Gasteiger partial charge in [0.05, 0.1) is 6.42 Å². The molecule has 5 heteroatoms. The summed E-state index contributed by atoms with van der Waals surface area (Å²) in [5.74, 6) is -1.59. The quantitative estimate of drug-likeness (QED) is 0.552. The lowest BCUT2D eigenvalue weighted by molar-refractivity contribution is -0.129. The van der Waals surface area contributed by atoms with Gasteiger partial charge in [-0.3, -0.25) is 4.79 Å². The largest absolute Gasteiger partial charge is 0.345 e. The number of benzene rings is 1. The molecule has 0 aliphatic rings. The number of likely N-dealkylation sites (N-methyl/N-ethyl adjacent to an activating group) is 1. The molecule has 1 amide bonds. The van der Waals surface area contributed by atoms with E-state index in [1.54, 1.807) is 7.05 Å². The summed E-state index contributed by atoms with van der Waals surface area (Å²) in [7, 11) is 1.66. The summed E-state index contributed by atoms with van der Waals surface area (Å²) in [6.45, 7) is 0.613. The fraction of sp³-hybridized carbons (Fsp3) is 0.500. The molecule has 0 fully saturated rings. The number of carbonyl (C=O) groups excluding carboxylic acids is 1. The molecule has 0 bridgehead atoms. The zero-order valence-electron chi connectivity index (χ0n) is 11.0. The third-order valence-corrected chi connectivity index (χ3v) is 3.50. The van der Waals surface area contributed by atoms with Gasteiger partial charge in [0.1, 0.15) is 11.6 Å². The number of unbranched alkanes of at least 4 members (excludes halogenated alkanes) is 2. The van der Waals surface area contributed by atoms with Crippen LogP contribution in [0.25, 0.3) is 0 Å². The van der Waals surface area contributed by atoms with Gasteiger partial charge in [-0.05, 0) is 25.0 Å². The second-order valence-electron chi connectivity index (χ2n) is 4.44. The van der Waals surface area contributed by atoms with Gasteiger partial charge in [0.15, 0.2) is 0 Å². The Morgan fingerprint density at radius 2 is 1.84 bits per heavy atom. The molecule has 106 valence electrons. The number of halogens is 3. The number of rotatable bonds is 7. The van der Waals surface area contributed by atoms with Crippen LogP contribution < -0.4 is 0 Å². The molecule has 0 heterocycles. The molecule has 0 saturated carbocycles. The Kier molecular flexibility index (Phi) is 6.99. The van der Waals surface area contributed by atoms with Gasteiger partial charge < -0.3 is 4.90 Å². The van der Waals surface area contributed by atoms with E-state index in [4.69, 9.17) is 0 Å². The maximum Gasteiger partial charge on any atom is 0.226 e. The van der Waals surface area contributed by atoms with Crippen molar-refractivity contribution >= 4 is 21.8 Å². The summed E-state index contributed by atoms with van der Waals surface area (Å²) < 4.78 is 26.8. The van der Waals surface area contributed by atoms with Crippen LogP contribution in [0.3, 0.4) is 0 Å². The van der Waals surface area contributed by atoms with Gasteiger partial charge in [-0.2, -0.15) is 0 Å². The Morgan fingerprint density at radius 1 is 1.21 bits per heavy atom. The average Bonchev–Trinajstić information content (AvgIpc) is 2.38. The standard InChI is InChI=1S/C14H18BrF2NO/c1-18(9-4-2-3-8-15)14(19)10-11-12(16)6-5-7-13(11)17/h5-7H,2-4,8-10H2,1H3. The zero-order chi connectivity index (χ0) is 14.3. The normalized spacial score (nSPS) is 10.5. The van der Waals surface area contributed by atoms with Crippen molar-refractivity contribution in [3.63, 3.8) is 0 Å². The lowest BCUT2D eigenvalue weighted by Crippen LogP contribution is -2.29. The maximum absolute atomic E-state index is 13.4. The van der Waals surface area contributed by atoms with Crippen LogP contribution in [0, 0.1) is 11.6 Å². The lowest BCUT2D eigenvalue weighted by atomic mass is 10.1. The zero-order valence-corrected chi connectivity index (χ0v) is 12.6. The minimum absolute atomic E-state index is 0.153. The number of hydrogen-bond donors (Lipinski definition) is 0. The Labute approximate surface area is 120 Å². The summed E-state index contributed by atoms with van der Waals surface area (Å²) in [4.78, 5) is 13.4. The number of amides is 1. The molecule has 1 rings (SSSR count). The topological polar surface area (TPSA) is 20.3 Å². The van der Waals surface area contributed by atoms with E-state index in [2.05, 4.69) is 15.9 Å². The van der Waals surface area contributed by atoms with Crippen molar-refractivity contribution in [2.75, 3.05) is 18.9 Å². The second-order valence-corrected chi connectivity index (χ2v) is 5.23. The summed E-state index contributed by atoms with van der Waals surface area (Å²) in [5, 5.41) is 0.950. The van der Waals surface area contributed by atoms with E-state index < -0.39 is 11.6 Å². The minimum Gasteiger partial charge on any atom is -0.345 e. The third-order valence-electron chi connectivity index (χ3n) is 2.94. The highest BCUT2D eigenvalue weighted by molar-refractivity contribution is 9.09. The van der Waals surface area contributed by atoms with Gasteiger partial charge in [0.2, 0.25) is 5.91 Å². The van der Waals surface area contributed by atoms with Crippen molar-refractivity contribution in [1.82, 2.24) is 4.90 Å². The van der Waals surface area contributed by atoms with Crippen LogP contribution in [0.2, 0.25) is 0 Å². The number of hydrogen-bond acceptors (Lipinski definition) is 1. The third kappa shape index (κ3) is 5.27. The molecule has 0 aliphatic carbocycles. The van der Waals surface area contributed by atoms with E-state index >= 15 is 0 Å². The van der Waals surface area contributed by atoms with Crippen LogP contribution in [0.5, 0.6) is 0 Å². The van der Waals surface area contributed by atoms with Gasteiger partial charge >= 0.3 is 0 Å². The first kappa shape index (κ1) is 16.1. The minimum atomic E-state index is -0.666. The average molecular weight is 334 g/mol.